The Hall–Kier alpha value is -3.01. The fraction of sp³-hybridized carbons (Fsp3) is 0.370. The van der Waals surface area contributed by atoms with Crippen molar-refractivity contribution in [1.29, 1.82) is 0 Å². The number of hydrogen-bond donors (Lipinski definition) is 1. The van der Waals surface area contributed by atoms with Crippen LogP contribution in [-0.2, 0) is 13.1 Å². The smallest absolute Gasteiger partial charge is 0.322 e. The molecule has 2 aromatic carbocycles. The van der Waals surface area contributed by atoms with Gasteiger partial charge < -0.3 is 14.8 Å². The molecule has 4 heteroatoms. The molecule has 0 saturated carbocycles. The molecule has 0 saturated heterocycles. The number of rotatable bonds is 7. The highest BCUT2D eigenvalue weighted by Crippen LogP contribution is 2.20. The minimum atomic E-state index is -0.0623. The van der Waals surface area contributed by atoms with Crippen LogP contribution in [0.3, 0.4) is 0 Å². The second-order valence-electron chi connectivity index (χ2n) is 8.96. The Morgan fingerprint density at radius 3 is 2.42 bits per heavy atom. The number of urea groups is 1. The quantitative estimate of drug-likeness (QED) is 0.465. The summed E-state index contributed by atoms with van der Waals surface area (Å²) in [4.78, 5) is 15.2. The lowest BCUT2D eigenvalue weighted by atomic mass is 10.0. The summed E-state index contributed by atoms with van der Waals surface area (Å²) in [6.07, 6.45) is 2.09. The van der Waals surface area contributed by atoms with Crippen molar-refractivity contribution in [2.45, 2.75) is 60.7 Å². The van der Waals surface area contributed by atoms with Crippen molar-refractivity contribution in [1.82, 2.24) is 9.47 Å². The highest BCUT2D eigenvalue weighted by Gasteiger charge is 2.24. The Bertz CT molecular complexity index is 1030. The minimum absolute atomic E-state index is 0.0623. The van der Waals surface area contributed by atoms with Gasteiger partial charge in [0, 0.05) is 30.2 Å². The zero-order valence-corrected chi connectivity index (χ0v) is 19.6. The third-order valence-electron chi connectivity index (χ3n) is 6.17. The van der Waals surface area contributed by atoms with E-state index in [4.69, 9.17) is 0 Å². The van der Waals surface area contributed by atoms with E-state index >= 15 is 0 Å². The number of benzene rings is 2. The first-order chi connectivity index (χ1) is 14.7. The summed E-state index contributed by atoms with van der Waals surface area (Å²) < 4.78 is 2.23. The van der Waals surface area contributed by atoms with Crippen LogP contribution < -0.4 is 5.32 Å². The van der Waals surface area contributed by atoms with Gasteiger partial charge in [-0.15, -0.1) is 0 Å². The highest BCUT2D eigenvalue weighted by molar-refractivity contribution is 5.89. The van der Waals surface area contributed by atoms with Crippen LogP contribution in [0.4, 0.5) is 10.5 Å². The number of hydrogen-bond acceptors (Lipinski definition) is 1. The predicted octanol–water partition coefficient (Wildman–Crippen LogP) is 6.54. The molecule has 1 N–H and O–H groups in total. The number of nitrogens with zero attached hydrogens (tertiary/aromatic N) is 2. The second-order valence-corrected chi connectivity index (χ2v) is 8.96. The topological polar surface area (TPSA) is 37.3 Å². The van der Waals surface area contributed by atoms with Gasteiger partial charge in [0.2, 0.25) is 0 Å². The molecule has 3 rings (SSSR count). The molecule has 164 valence electrons. The first-order valence-electron chi connectivity index (χ1n) is 11.1. The molecule has 2 amide bonds. The van der Waals surface area contributed by atoms with E-state index in [1.165, 1.54) is 22.3 Å². The van der Waals surface area contributed by atoms with E-state index in [0.717, 1.165) is 17.9 Å². The lowest BCUT2D eigenvalue weighted by Gasteiger charge is -2.32. The van der Waals surface area contributed by atoms with Crippen molar-refractivity contribution in [2.24, 2.45) is 5.92 Å². The molecule has 0 unspecified atom stereocenters. The van der Waals surface area contributed by atoms with Gasteiger partial charge in [-0.05, 0) is 74.6 Å². The molecular weight excluding hydrogens is 382 g/mol. The summed E-state index contributed by atoms with van der Waals surface area (Å²) >= 11 is 0. The van der Waals surface area contributed by atoms with Gasteiger partial charge in [-0.2, -0.15) is 0 Å². The molecule has 0 radical (unpaired) electrons. The lowest BCUT2D eigenvalue weighted by molar-refractivity contribution is 0.168. The van der Waals surface area contributed by atoms with Crippen LogP contribution in [0.5, 0.6) is 0 Å². The van der Waals surface area contributed by atoms with Gasteiger partial charge in [0.05, 0.1) is 6.54 Å². The number of nitrogens with one attached hydrogen (secondary N) is 1. The third-order valence-corrected chi connectivity index (χ3v) is 6.17. The molecule has 1 aromatic heterocycles. The van der Waals surface area contributed by atoms with Crippen molar-refractivity contribution >= 4 is 11.7 Å². The molecule has 1 atom stereocenters. The SMILES string of the molecule is Cc1cccc(Cn2cccc2CN(C(=O)Nc2ccc(C)c(C)c2)[C@@H](C)C(C)C)c1. The number of amides is 2. The zero-order chi connectivity index (χ0) is 22.5. The summed E-state index contributed by atoms with van der Waals surface area (Å²) in [5.74, 6) is 0.352. The van der Waals surface area contributed by atoms with Crippen LogP contribution in [0, 0.1) is 26.7 Å². The Morgan fingerprint density at radius 1 is 0.968 bits per heavy atom. The molecule has 0 aliphatic heterocycles. The molecule has 0 fully saturated rings. The average Bonchev–Trinajstić information content (AvgIpc) is 3.15. The first-order valence-corrected chi connectivity index (χ1v) is 11.1. The summed E-state index contributed by atoms with van der Waals surface area (Å²) in [7, 11) is 0. The van der Waals surface area contributed by atoms with Gasteiger partial charge >= 0.3 is 6.03 Å². The molecule has 1 heterocycles. The van der Waals surface area contributed by atoms with E-state index in [1.54, 1.807) is 0 Å². The molecule has 3 aromatic rings. The van der Waals surface area contributed by atoms with E-state index in [0.29, 0.717) is 12.5 Å². The van der Waals surface area contributed by atoms with Gasteiger partial charge in [-0.1, -0.05) is 49.7 Å². The second kappa shape index (κ2) is 9.86. The number of carbonyl (C=O) groups excluding carboxylic acids is 1. The molecule has 31 heavy (non-hydrogen) atoms. The van der Waals surface area contributed by atoms with Crippen LogP contribution in [-0.4, -0.2) is 21.5 Å². The van der Waals surface area contributed by atoms with Crippen molar-refractivity contribution in [2.75, 3.05) is 5.32 Å². The first kappa shape index (κ1) is 22.7. The summed E-state index contributed by atoms with van der Waals surface area (Å²) in [6, 6.07) is 18.8. The van der Waals surface area contributed by atoms with Crippen molar-refractivity contribution < 1.29 is 4.79 Å². The molecule has 0 bridgehead atoms. The van der Waals surface area contributed by atoms with Gasteiger partial charge in [0.25, 0.3) is 0 Å². The summed E-state index contributed by atoms with van der Waals surface area (Å²) in [6.45, 7) is 14.1. The Morgan fingerprint density at radius 2 is 1.74 bits per heavy atom. The zero-order valence-electron chi connectivity index (χ0n) is 19.6. The van der Waals surface area contributed by atoms with Crippen LogP contribution in [0.15, 0.2) is 60.8 Å². The van der Waals surface area contributed by atoms with Gasteiger partial charge in [-0.25, -0.2) is 4.79 Å². The van der Waals surface area contributed by atoms with Gasteiger partial charge in [0.15, 0.2) is 0 Å². The Labute approximate surface area is 186 Å². The maximum absolute atomic E-state index is 13.3. The molecule has 0 aliphatic rings. The molecular formula is C27H35N3O. The van der Waals surface area contributed by atoms with Crippen LogP contribution in [0.25, 0.3) is 0 Å². The number of aromatic nitrogens is 1. The Balaban J connectivity index is 1.81. The molecule has 4 nitrogen and oxygen atoms in total. The van der Waals surface area contributed by atoms with Gasteiger partial charge in [0.1, 0.15) is 0 Å². The Kier molecular flexibility index (Phi) is 7.21. The number of anilines is 1. The molecule has 0 spiro atoms. The maximum Gasteiger partial charge on any atom is 0.322 e. The lowest BCUT2D eigenvalue weighted by Crippen LogP contribution is -2.43. The molecule has 0 aliphatic carbocycles. The standard InChI is InChI=1S/C27H35N3O/c1-19(2)23(6)30(27(31)28-25-13-12-21(4)22(5)16-25)18-26-11-8-14-29(26)17-24-10-7-9-20(3)15-24/h7-16,19,23H,17-18H2,1-6H3,(H,28,31)/t23-/m0/s1. The number of aryl methyl sites for hydroxylation is 3. The van der Waals surface area contributed by atoms with Crippen LogP contribution >= 0.6 is 0 Å². The van der Waals surface area contributed by atoms with Crippen LogP contribution in [0.1, 0.15) is 48.7 Å². The largest absolute Gasteiger partial charge is 0.345 e. The van der Waals surface area contributed by atoms with E-state index in [9.17, 15) is 4.79 Å². The van der Waals surface area contributed by atoms with Crippen molar-refractivity contribution in [3.8, 4) is 0 Å². The average molecular weight is 418 g/mol. The third kappa shape index (κ3) is 5.78. The summed E-state index contributed by atoms with van der Waals surface area (Å²) in [5.41, 5.74) is 6.88. The van der Waals surface area contributed by atoms with Crippen molar-refractivity contribution in [3.63, 3.8) is 0 Å². The van der Waals surface area contributed by atoms with Gasteiger partial charge in [-0.3, -0.25) is 0 Å². The highest BCUT2D eigenvalue weighted by atomic mass is 16.2. The van der Waals surface area contributed by atoms with Crippen LogP contribution in [0.2, 0.25) is 0 Å². The van der Waals surface area contributed by atoms with E-state index in [2.05, 4.69) is 94.0 Å². The van der Waals surface area contributed by atoms with E-state index in [1.807, 2.05) is 23.1 Å². The predicted molar refractivity (Wildman–Crippen MR) is 129 cm³/mol. The van der Waals surface area contributed by atoms with Crippen molar-refractivity contribution in [3.05, 3.63) is 88.7 Å². The van der Waals surface area contributed by atoms with E-state index in [-0.39, 0.29) is 12.1 Å². The fourth-order valence-corrected chi connectivity index (χ4v) is 3.70. The number of carbonyl (C=O) groups is 1. The normalized spacial score (nSPS) is 12.1. The maximum atomic E-state index is 13.3. The summed E-state index contributed by atoms with van der Waals surface area (Å²) in [5, 5.41) is 3.11. The fourth-order valence-electron chi connectivity index (χ4n) is 3.70. The van der Waals surface area contributed by atoms with E-state index < -0.39 is 0 Å². The monoisotopic (exact) mass is 417 g/mol. The minimum Gasteiger partial charge on any atom is -0.345 e.